The molecule has 0 amide bonds. The molecular weight excluding hydrogens is 378 g/mol. The van der Waals surface area contributed by atoms with E-state index in [2.05, 4.69) is 25.4 Å². The van der Waals surface area contributed by atoms with Crippen LogP contribution in [0.2, 0.25) is 5.02 Å². The molecule has 1 aromatic carbocycles. The van der Waals surface area contributed by atoms with Crippen LogP contribution in [-0.2, 0) is 0 Å². The Labute approximate surface area is 165 Å². The first kappa shape index (κ1) is 18.2. The van der Waals surface area contributed by atoms with Crippen LogP contribution >= 0.6 is 11.6 Å². The van der Waals surface area contributed by atoms with Crippen molar-refractivity contribution in [1.29, 1.82) is 0 Å². The second-order valence-corrected chi connectivity index (χ2v) is 7.00. The Hall–Kier alpha value is -3.19. The van der Waals surface area contributed by atoms with E-state index in [1.165, 1.54) is 0 Å². The van der Waals surface area contributed by atoms with Gasteiger partial charge in [-0.05, 0) is 39.0 Å². The molecule has 28 heavy (non-hydrogen) atoms. The molecule has 0 fully saturated rings. The van der Waals surface area contributed by atoms with E-state index >= 15 is 0 Å². The van der Waals surface area contributed by atoms with E-state index in [1.54, 1.807) is 18.3 Å². The lowest BCUT2D eigenvalue weighted by Gasteiger charge is -2.15. The van der Waals surface area contributed by atoms with E-state index in [4.69, 9.17) is 16.1 Å². The SMILES string of the molecule is Cc1noc(C)c1-c1ccnc(N[C@@H](C)c2cc3cccc(Cl)c3[nH]c2=O)n1. The number of nitrogens with one attached hydrogen (secondary N) is 2. The molecule has 3 heterocycles. The van der Waals surface area contributed by atoms with Crippen LogP contribution in [0.5, 0.6) is 0 Å². The fourth-order valence-corrected chi connectivity index (χ4v) is 3.45. The van der Waals surface area contributed by atoms with Gasteiger partial charge in [0.05, 0.1) is 33.5 Å². The summed E-state index contributed by atoms with van der Waals surface area (Å²) in [4.78, 5) is 24.2. The number of H-pyrrole nitrogens is 1. The van der Waals surface area contributed by atoms with Gasteiger partial charge in [0.1, 0.15) is 5.76 Å². The molecule has 2 N–H and O–H groups in total. The molecule has 0 aliphatic carbocycles. The molecule has 7 nitrogen and oxygen atoms in total. The molecule has 4 aromatic rings. The highest BCUT2D eigenvalue weighted by atomic mass is 35.5. The Bertz CT molecular complexity index is 1210. The van der Waals surface area contributed by atoms with Crippen LogP contribution in [0.25, 0.3) is 22.2 Å². The van der Waals surface area contributed by atoms with Gasteiger partial charge in [0.2, 0.25) is 5.95 Å². The van der Waals surface area contributed by atoms with Crippen LogP contribution in [0.3, 0.4) is 0 Å². The highest BCUT2D eigenvalue weighted by Gasteiger charge is 2.16. The Kier molecular flexibility index (Phi) is 4.60. The quantitative estimate of drug-likeness (QED) is 0.531. The van der Waals surface area contributed by atoms with Gasteiger partial charge in [-0.25, -0.2) is 9.97 Å². The van der Waals surface area contributed by atoms with Gasteiger partial charge in [0, 0.05) is 17.1 Å². The normalized spacial score (nSPS) is 12.3. The maximum absolute atomic E-state index is 12.5. The van der Waals surface area contributed by atoms with Gasteiger partial charge in [0.25, 0.3) is 5.56 Å². The number of aromatic amines is 1. The highest BCUT2D eigenvalue weighted by molar-refractivity contribution is 6.35. The summed E-state index contributed by atoms with van der Waals surface area (Å²) < 4.78 is 5.22. The number of anilines is 1. The van der Waals surface area contributed by atoms with Gasteiger partial charge in [-0.3, -0.25) is 4.79 Å². The van der Waals surface area contributed by atoms with Crippen molar-refractivity contribution in [2.45, 2.75) is 26.8 Å². The molecular formula is C20H18ClN5O2. The molecule has 0 saturated heterocycles. The zero-order valence-corrected chi connectivity index (χ0v) is 16.3. The number of fused-ring (bicyclic) bond motifs is 1. The van der Waals surface area contributed by atoms with Crippen LogP contribution in [0.15, 0.2) is 45.8 Å². The smallest absolute Gasteiger partial charge is 0.253 e. The van der Waals surface area contributed by atoms with Crippen LogP contribution in [-0.4, -0.2) is 20.1 Å². The van der Waals surface area contributed by atoms with E-state index in [9.17, 15) is 4.79 Å². The Morgan fingerprint density at radius 3 is 2.82 bits per heavy atom. The predicted octanol–water partition coefficient (Wildman–Crippen LogP) is 4.42. The maximum Gasteiger partial charge on any atom is 0.253 e. The van der Waals surface area contributed by atoms with E-state index in [-0.39, 0.29) is 11.6 Å². The van der Waals surface area contributed by atoms with Gasteiger partial charge in [0.15, 0.2) is 0 Å². The number of hydrogen-bond acceptors (Lipinski definition) is 6. The van der Waals surface area contributed by atoms with E-state index in [0.29, 0.717) is 33.5 Å². The highest BCUT2D eigenvalue weighted by Crippen LogP contribution is 2.26. The minimum absolute atomic E-state index is 0.206. The number of hydrogen-bond donors (Lipinski definition) is 2. The standard InChI is InChI=1S/C20H18ClN5O2/c1-10(14-9-13-5-4-6-15(21)18(13)25-19(14)27)23-20-22-8-7-16(24-20)17-11(2)26-28-12(17)3/h4-10H,1-3H3,(H,25,27)(H,22,23,24)/t10-/m0/s1. The van der Waals surface area contributed by atoms with Gasteiger partial charge in [-0.1, -0.05) is 28.9 Å². The molecule has 0 aliphatic rings. The van der Waals surface area contributed by atoms with Crippen molar-refractivity contribution in [3.63, 3.8) is 0 Å². The summed E-state index contributed by atoms with van der Waals surface area (Å²) in [5.74, 6) is 1.11. The number of benzene rings is 1. The van der Waals surface area contributed by atoms with Crippen LogP contribution in [0.1, 0.15) is 30.0 Å². The number of para-hydroxylation sites is 1. The van der Waals surface area contributed by atoms with Crippen molar-refractivity contribution in [3.8, 4) is 11.3 Å². The minimum Gasteiger partial charge on any atom is -0.361 e. The molecule has 0 bridgehead atoms. The summed E-state index contributed by atoms with van der Waals surface area (Å²) in [5.41, 5.74) is 3.31. The van der Waals surface area contributed by atoms with Crippen LogP contribution in [0, 0.1) is 13.8 Å². The third-order valence-electron chi connectivity index (χ3n) is 4.61. The molecule has 3 aromatic heterocycles. The number of rotatable bonds is 4. The number of nitrogens with zero attached hydrogens (tertiary/aromatic N) is 3. The lowest BCUT2D eigenvalue weighted by atomic mass is 10.1. The molecule has 0 unspecified atom stereocenters. The van der Waals surface area contributed by atoms with Crippen molar-refractivity contribution in [1.82, 2.24) is 20.1 Å². The van der Waals surface area contributed by atoms with Crippen molar-refractivity contribution >= 4 is 28.5 Å². The molecule has 0 spiro atoms. The van der Waals surface area contributed by atoms with Gasteiger partial charge >= 0.3 is 0 Å². The van der Waals surface area contributed by atoms with E-state index in [0.717, 1.165) is 16.6 Å². The van der Waals surface area contributed by atoms with Crippen LogP contribution in [0.4, 0.5) is 5.95 Å². The number of aryl methyl sites for hydroxylation is 2. The fourth-order valence-electron chi connectivity index (χ4n) is 3.22. The summed E-state index contributed by atoms with van der Waals surface area (Å²) in [5, 5.41) is 8.53. The average molecular weight is 396 g/mol. The second kappa shape index (κ2) is 7.09. The summed E-state index contributed by atoms with van der Waals surface area (Å²) in [6.07, 6.45) is 1.66. The maximum atomic E-state index is 12.5. The van der Waals surface area contributed by atoms with Crippen LogP contribution < -0.4 is 10.9 Å². The summed E-state index contributed by atoms with van der Waals surface area (Å²) >= 11 is 6.16. The molecule has 8 heteroatoms. The molecule has 142 valence electrons. The third-order valence-corrected chi connectivity index (χ3v) is 4.93. The van der Waals surface area contributed by atoms with Crippen molar-refractivity contribution < 1.29 is 4.52 Å². The van der Waals surface area contributed by atoms with Crippen molar-refractivity contribution in [3.05, 3.63) is 68.9 Å². The number of halogens is 1. The van der Waals surface area contributed by atoms with Gasteiger partial charge in [-0.15, -0.1) is 0 Å². The Morgan fingerprint density at radius 1 is 1.25 bits per heavy atom. The van der Waals surface area contributed by atoms with E-state index < -0.39 is 0 Å². The zero-order chi connectivity index (χ0) is 19.8. The first-order valence-electron chi connectivity index (χ1n) is 8.78. The molecule has 4 rings (SSSR count). The number of pyridine rings is 1. The molecule has 0 aliphatic heterocycles. The first-order chi connectivity index (χ1) is 13.4. The van der Waals surface area contributed by atoms with Gasteiger partial charge in [-0.2, -0.15) is 0 Å². The predicted molar refractivity (Wildman–Crippen MR) is 109 cm³/mol. The lowest BCUT2D eigenvalue weighted by Crippen LogP contribution is -2.20. The second-order valence-electron chi connectivity index (χ2n) is 6.59. The largest absolute Gasteiger partial charge is 0.361 e. The molecule has 1 atom stereocenters. The minimum atomic E-state index is -0.313. The summed E-state index contributed by atoms with van der Waals surface area (Å²) in [6, 6.07) is 8.81. The topological polar surface area (TPSA) is 96.7 Å². The summed E-state index contributed by atoms with van der Waals surface area (Å²) in [7, 11) is 0. The first-order valence-corrected chi connectivity index (χ1v) is 9.16. The monoisotopic (exact) mass is 395 g/mol. The molecule has 0 radical (unpaired) electrons. The Morgan fingerprint density at radius 2 is 2.07 bits per heavy atom. The number of aromatic nitrogens is 4. The average Bonchev–Trinajstić information content (AvgIpc) is 3.00. The van der Waals surface area contributed by atoms with Crippen molar-refractivity contribution in [2.75, 3.05) is 5.32 Å². The third kappa shape index (κ3) is 3.25. The van der Waals surface area contributed by atoms with E-state index in [1.807, 2.05) is 39.0 Å². The lowest BCUT2D eigenvalue weighted by molar-refractivity contribution is 0.393. The molecule has 0 saturated carbocycles. The Balaban J connectivity index is 1.67. The zero-order valence-electron chi connectivity index (χ0n) is 15.6. The van der Waals surface area contributed by atoms with Crippen molar-refractivity contribution in [2.24, 2.45) is 0 Å². The van der Waals surface area contributed by atoms with Gasteiger partial charge < -0.3 is 14.8 Å². The summed E-state index contributed by atoms with van der Waals surface area (Å²) in [6.45, 7) is 5.59. The fraction of sp³-hybridized carbons (Fsp3) is 0.200.